The topological polar surface area (TPSA) is 0 Å². The van der Waals surface area contributed by atoms with Gasteiger partial charge in [0.25, 0.3) is 0 Å². The second-order valence-electron chi connectivity index (χ2n) is 3.25. The van der Waals surface area contributed by atoms with E-state index in [0.29, 0.717) is 0 Å². The average Bonchev–Trinajstić information content (AvgIpc) is 1.97. The van der Waals surface area contributed by atoms with E-state index in [1.165, 1.54) is 27.8 Å². The van der Waals surface area contributed by atoms with Gasteiger partial charge in [-0.15, -0.1) is 0 Å². The van der Waals surface area contributed by atoms with Crippen LogP contribution in [0.4, 0.5) is 0 Å². The van der Waals surface area contributed by atoms with Crippen LogP contribution in [0.15, 0.2) is 0 Å². The van der Waals surface area contributed by atoms with Gasteiger partial charge in [0.15, 0.2) is 0 Å². The fourth-order valence-electron chi connectivity index (χ4n) is 1.31. The molecular formula is C12H18K-. The maximum Gasteiger partial charge on any atom is 1.00 e. The molecule has 1 rings (SSSR count). The summed E-state index contributed by atoms with van der Waals surface area (Å²) < 4.78 is 0. The molecule has 0 saturated carbocycles. The van der Waals surface area contributed by atoms with Crippen LogP contribution >= 0.6 is 0 Å². The zero-order chi connectivity index (χ0) is 8.59. The van der Waals surface area contributed by atoms with Gasteiger partial charge in [-0.2, -0.15) is 33.9 Å². The molecule has 68 valence electrons. The first-order valence-electron chi connectivity index (χ1n) is 4.00. The predicted octanol–water partition coefficient (Wildman–Crippen LogP) is 0.483. The minimum Gasteiger partial charge on any atom is -0.358 e. The van der Waals surface area contributed by atoms with Gasteiger partial charge in [0.2, 0.25) is 0 Å². The van der Waals surface area contributed by atoms with Gasteiger partial charge in [0.1, 0.15) is 0 Å². The van der Waals surface area contributed by atoms with E-state index < -0.39 is 0 Å². The molecule has 0 fully saturated rings. The minimum atomic E-state index is 0. The molecule has 13 heavy (non-hydrogen) atoms. The zero-order valence-corrected chi connectivity index (χ0v) is 13.1. The number of hydrogen-bond acceptors (Lipinski definition) is 0. The van der Waals surface area contributed by atoms with Gasteiger partial charge in [-0.3, -0.25) is 0 Å². The van der Waals surface area contributed by atoms with Crippen LogP contribution in [0.1, 0.15) is 27.8 Å². The summed E-state index contributed by atoms with van der Waals surface area (Å²) in [5.74, 6) is 0. The Bertz CT molecular complexity index is 261. The summed E-state index contributed by atoms with van der Waals surface area (Å²) >= 11 is 0. The second-order valence-corrected chi connectivity index (χ2v) is 3.25. The summed E-state index contributed by atoms with van der Waals surface area (Å²) in [5.41, 5.74) is 6.75. The summed E-state index contributed by atoms with van der Waals surface area (Å²) in [4.78, 5) is 0. The van der Waals surface area contributed by atoms with Gasteiger partial charge in [-0.05, 0) is 0 Å². The molecule has 1 aromatic rings. The van der Waals surface area contributed by atoms with E-state index in [2.05, 4.69) is 40.7 Å². The number of rotatable bonds is 0. The van der Waals surface area contributed by atoms with Gasteiger partial charge in [0.05, 0.1) is 0 Å². The second kappa shape index (κ2) is 6.36. The molecule has 0 saturated heterocycles. The SMILES string of the molecule is Cc1[c-]c(C)c(C)c(C)c1C.[CH3-].[K+]. The molecule has 0 radical (unpaired) electrons. The van der Waals surface area contributed by atoms with Gasteiger partial charge in [-0.25, -0.2) is 0 Å². The maximum absolute atomic E-state index is 3.35. The Morgan fingerprint density at radius 2 is 1.00 bits per heavy atom. The predicted molar refractivity (Wildman–Crippen MR) is 55.4 cm³/mol. The average molecular weight is 201 g/mol. The van der Waals surface area contributed by atoms with Crippen LogP contribution in [0.5, 0.6) is 0 Å². The van der Waals surface area contributed by atoms with E-state index in [0.717, 1.165) is 0 Å². The summed E-state index contributed by atoms with van der Waals surface area (Å²) in [6.07, 6.45) is 0. The van der Waals surface area contributed by atoms with E-state index in [-0.39, 0.29) is 58.8 Å². The first-order valence-corrected chi connectivity index (χ1v) is 4.00. The Labute approximate surface area is 126 Å². The molecule has 0 nitrogen and oxygen atoms in total. The van der Waals surface area contributed by atoms with Crippen molar-refractivity contribution in [2.24, 2.45) is 0 Å². The third kappa shape index (κ3) is 3.48. The molecule has 0 aliphatic heterocycles. The van der Waals surface area contributed by atoms with Crippen molar-refractivity contribution < 1.29 is 51.4 Å². The van der Waals surface area contributed by atoms with Crippen molar-refractivity contribution in [3.8, 4) is 0 Å². The minimum absolute atomic E-state index is 0. The van der Waals surface area contributed by atoms with Crippen LogP contribution in [0.2, 0.25) is 0 Å². The van der Waals surface area contributed by atoms with Gasteiger partial charge >= 0.3 is 51.4 Å². The number of aryl methyl sites for hydroxylation is 2. The van der Waals surface area contributed by atoms with Crippen molar-refractivity contribution in [2.75, 3.05) is 0 Å². The normalized spacial score (nSPS) is 8.69. The van der Waals surface area contributed by atoms with Gasteiger partial charge < -0.3 is 7.43 Å². The number of hydrogen-bond donors (Lipinski definition) is 0. The molecule has 0 aromatic heterocycles. The third-order valence-electron chi connectivity index (χ3n) is 2.62. The Hall–Kier alpha value is 0.856. The largest absolute Gasteiger partial charge is 1.00 e. The van der Waals surface area contributed by atoms with E-state index in [4.69, 9.17) is 0 Å². The Morgan fingerprint density at radius 3 is 1.31 bits per heavy atom. The van der Waals surface area contributed by atoms with Gasteiger partial charge in [-0.1, -0.05) is 34.6 Å². The van der Waals surface area contributed by atoms with Crippen molar-refractivity contribution >= 4 is 0 Å². The Balaban J connectivity index is 0. The first kappa shape index (κ1) is 16.3. The smallest absolute Gasteiger partial charge is 0.358 e. The van der Waals surface area contributed by atoms with Crippen LogP contribution < -0.4 is 51.4 Å². The molecule has 0 N–H and O–H groups in total. The molecule has 0 heterocycles. The summed E-state index contributed by atoms with van der Waals surface area (Å²) in [5, 5.41) is 0. The monoisotopic (exact) mass is 201 g/mol. The van der Waals surface area contributed by atoms with Crippen molar-refractivity contribution in [2.45, 2.75) is 34.6 Å². The van der Waals surface area contributed by atoms with E-state index in [1.54, 1.807) is 0 Å². The molecule has 0 spiro atoms. The summed E-state index contributed by atoms with van der Waals surface area (Å²) in [6.45, 7) is 10.7. The van der Waals surface area contributed by atoms with E-state index in [1.807, 2.05) is 0 Å². The molecule has 0 unspecified atom stereocenters. The molecular weight excluding hydrogens is 183 g/mol. The van der Waals surface area contributed by atoms with Crippen LogP contribution in [0.3, 0.4) is 0 Å². The van der Waals surface area contributed by atoms with Crippen molar-refractivity contribution in [1.82, 2.24) is 0 Å². The Morgan fingerprint density at radius 1 is 0.692 bits per heavy atom. The third-order valence-corrected chi connectivity index (χ3v) is 2.62. The standard InChI is InChI=1S/C11H15.CH3.K/c1-7-6-8(2)10(4)11(5)9(7)3;;/h1-5H3;1H3;/q2*-1;+1. The summed E-state index contributed by atoms with van der Waals surface area (Å²) in [7, 11) is 0. The van der Waals surface area contributed by atoms with Crippen molar-refractivity contribution in [3.63, 3.8) is 0 Å². The molecule has 0 bridgehead atoms. The van der Waals surface area contributed by atoms with E-state index >= 15 is 0 Å². The summed E-state index contributed by atoms with van der Waals surface area (Å²) in [6, 6.07) is 3.35. The zero-order valence-electron chi connectivity index (χ0n) is 10.0. The van der Waals surface area contributed by atoms with E-state index in [9.17, 15) is 0 Å². The van der Waals surface area contributed by atoms with Crippen LogP contribution in [0, 0.1) is 48.1 Å². The fraction of sp³-hybridized carbons (Fsp3) is 0.417. The fourth-order valence-corrected chi connectivity index (χ4v) is 1.31. The molecule has 1 heteroatoms. The molecule has 0 amide bonds. The molecule has 0 aliphatic rings. The van der Waals surface area contributed by atoms with Crippen molar-refractivity contribution in [1.29, 1.82) is 0 Å². The van der Waals surface area contributed by atoms with Crippen LogP contribution in [-0.4, -0.2) is 0 Å². The number of benzene rings is 1. The van der Waals surface area contributed by atoms with Crippen LogP contribution in [0.25, 0.3) is 0 Å². The van der Waals surface area contributed by atoms with Gasteiger partial charge in [0, 0.05) is 0 Å². The molecule has 0 aliphatic carbocycles. The molecule has 0 atom stereocenters. The maximum atomic E-state index is 3.35. The van der Waals surface area contributed by atoms with Crippen LogP contribution in [-0.2, 0) is 0 Å². The molecule has 1 aromatic carbocycles. The quantitative estimate of drug-likeness (QED) is 0.423. The van der Waals surface area contributed by atoms with Crippen molar-refractivity contribution in [3.05, 3.63) is 41.3 Å². The first-order chi connectivity index (χ1) is 5.04. The Kier molecular flexibility index (Phi) is 7.97.